The smallest absolute Gasteiger partial charge is 0.180 e. The van der Waals surface area contributed by atoms with E-state index in [1.54, 1.807) is 12.1 Å². The molecule has 0 spiro atoms. The van der Waals surface area contributed by atoms with E-state index in [0.29, 0.717) is 47.8 Å². The lowest BCUT2D eigenvalue weighted by molar-refractivity contribution is 0.269. The second-order valence-corrected chi connectivity index (χ2v) is 7.26. The first-order valence-corrected chi connectivity index (χ1v) is 10.1. The second-order valence-electron chi connectivity index (χ2n) is 6.45. The van der Waals surface area contributed by atoms with Crippen LogP contribution in [0.4, 0.5) is 4.39 Å². The van der Waals surface area contributed by atoms with Crippen LogP contribution in [-0.4, -0.2) is 6.61 Å². The molecule has 30 heavy (non-hydrogen) atoms. The van der Waals surface area contributed by atoms with E-state index in [-0.39, 0.29) is 18.2 Å². The van der Waals surface area contributed by atoms with Gasteiger partial charge in [0.25, 0.3) is 0 Å². The number of benzene rings is 3. The standard InChI is InChI=1S/C23H22Cl2FNO2.ClH/c1-2-28-22-12-17(14-27-13-16-7-9-19(26)10-8-16)11-21(25)23(22)29-15-18-5-3-4-6-20(18)24;/h3-12,27H,2,13-15H2,1H3;1H. The first-order chi connectivity index (χ1) is 14.1. The van der Waals surface area contributed by atoms with Gasteiger partial charge in [0.2, 0.25) is 0 Å². The van der Waals surface area contributed by atoms with Crippen molar-refractivity contribution in [2.45, 2.75) is 26.6 Å². The summed E-state index contributed by atoms with van der Waals surface area (Å²) < 4.78 is 24.7. The minimum atomic E-state index is -0.241. The average Bonchev–Trinajstić information content (AvgIpc) is 2.70. The van der Waals surface area contributed by atoms with Gasteiger partial charge in [0.1, 0.15) is 12.4 Å². The SMILES string of the molecule is CCOc1cc(CNCc2ccc(F)cc2)cc(Cl)c1OCc1ccccc1Cl.Cl. The molecule has 0 atom stereocenters. The summed E-state index contributed by atoms with van der Waals surface area (Å²) in [6, 6.07) is 17.7. The van der Waals surface area contributed by atoms with Gasteiger partial charge in [-0.15, -0.1) is 12.4 Å². The molecule has 0 aromatic heterocycles. The molecule has 0 aliphatic rings. The van der Waals surface area contributed by atoms with Gasteiger partial charge in [0, 0.05) is 23.7 Å². The van der Waals surface area contributed by atoms with Crippen LogP contribution in [0.15, 0.2) is 60.7 Å². The molecular weight excluding hydrogens is 448 g/mol. The molecule has 0 unspecified atom stereocenters. The van der Waals surface area contributed by atoms with E-state index in [1.165, 1.54) is 12.1 Å². The van der Waals surface area contributed by atoms with Crippen LogP contribution in [0.1, 0.15) is 23.6 Å². The Hall–Kier alpha value is -1.98. The quantitative estimate of drug-likeness (QED) is 0.372. The Morgan fingerprint density at radius 2 is 1.57 bits per heavy atom. The zero-order chi connectivity index (χ0) is 20.6. The van der Waals surface area contributed by atoms with Crippen molar-refractivity contribution in [3.8, 4) is 11.5 Å². The van der Waals surface area contributed by atoms with Gasteiger partial charge >= 0.3 is 0 Å². The van der Waals surface area contributed by atoms with Crippen LogP contribution < -0.4 is 14.8 Å². The fourth-order valence-corrected chi connectivity index (χ4v) is 3.32. The maximum atomic E-state index is 13.0. The maximum Gasteiger partial charge on any atom is 0.180 e. The van der Waals surface area contributed by atoms with Gasteiger partial charge in [0.15, 0.2) is 11.5 Å². The van der Waals surface area contributed by atoms with Gasteiger partial charge in [-0.05, 0) is 48.4 Å². The third-order valence-corrected chi connectivity index (χ3v) is 4.92. The molecule has 0 amide bonds. The summed E-state index contributed by atoms with van der Waals surface area (Å²) in [6.45, 7) is 3.90. The lowest BCUT2D eigenvalue weighted by atomic mass is 10.1. The highest BCUT2D eigenvalue weighted by atomic mass is 35.5. The minimum Gasteiger partial charge on any atom is -0.490 e. The number of halogens is 4. The lowest BCUT2D eigenvalue weighted by Crippen LogP contribution is -2.13. The fraction of sp³-hybridized carbons (Fsp3) is 0.217. The fourth-order valence-electron chi connectivity index (χ4n) is 2.85. The molecule has 0 heterocycles. The summed E-state index contributed by atoms with van der Waals surface area (Å²) in [6.07, 6.45) is 0. The normalized spacial score (nSPS) is 10.4. The van der Waals surface area contributed by atoms with E-state index >= 15 is 0 Å². The van der Waals surface area contributed by atoms with Gasteiger partial charge in [-0.3, -0.25) is 0 Å². The van der Waals surface area contributed by atoms with Crippen LogP contribution in [0, 0.1) is 5.82 Å². The zero-order valence-electron chi connectivity index (χ0n) is 16.5. The molecule has 1 N–H and O–H groups in total. The van der Waals surface area contributed by atoms with Crippen LogP contribution in [0.25, 0.3) is 0 Å². The van der Waals surface area contributed by atoms with Crippen molar-refractivity contribution < 1.29 is 13.9 Å². The van der Waals surface area contributed by atoms with E-state index in [4.69, 9.17) is 32.7 Å². The third kappa shape index (κ3) is 6.78. The van der Waals surface area contributed by atoms with E-state index in [0.717, 1.165) is 16.7 Å². The van der Waals surface area contributed by atoms with Crippen LogP contribution in [0.3, 0.4) is 0 Å². The number of rotatable bonds is 9. The van der Waals surface area contributed by atoms with Crippen molar-refractivity contribution >= 4 is 35.6 Å². The maximum absolute atomic E-state index is 13.0. The van der Waals surface area contributed by atoms with E-state index in [2.05, 4.69) is 5.32 Å². The zero-order valence-corrected chi connectivity index (χ0v) is 18.8. The molecule has 0 saturated heterocycles. The van der Waals surface area contributed by atoms with Crippen molar-refractivity contribution in [1.29, 1.82) is 0 Å². The molecule has 7 heteroatoms. The van der Waals surface area contributed by atoms with Gasteiger partial charge in [-0.25, -0.2) is 4.39 Å². The summed E-state index contributed by atoms with van der Waals surface area (Å²) in [7, 11) is 0. The monoisotopic (exact) mass is 469 g/mol. The van der Waals surface area contributed by atoms with Crippen molar-refractivity contribution in [3.63, 3.8) is 0 Å². The number of ether oxygens (including phenoxy) is 2. The summed E-state index contributed by atoms with van der Waals surface area (Å²) in [5, 5.41) is 4.44. The Labute approximate surface area is 192 Å². The molecule has 3 nitrogen and oxygen atoms in total. The molecule has 0 bridgehead atoms. The highest BCUT2D eigenvalue weighted by Crippen LogP contribution is 2.37. The van der Waals surface area contributed by atoms with E-state index in [1.807, 2.05) is 43.3 Å². The van der Waals surface area contributed by atoms with Crippen molar-refractivity contribution in [2.24, 2.45) is 0 Å². The van der Waals surface area contributed by atoms with Crippen molar-refractivity contribution in [3.05, 3.63) is 93.2 Å². The summed E-state index contributed by atoms with van der Waals surface area (Å²) in [5.41, 5.74) is 2.84. The number of hydrogen-bond acceptors (Lipinski definition) is 3. The van der Waals surface area contributed by atoms with E-state index < -0.39 is 0 Å². The van der Waals surface area contributed by atoms with Gasteiger partial charge in [-0.2, -0.15) is 0 Å². The van der Waals surface area contributed by atoms with E-state index in [9.17, 15) is 4.39 Å². The molecule has 3 aromatic carbocycles. The predicted octanol–water partition coefficient (Wildman–Crippen LogP) is 6.82. The highest BCUT2D eigenvalue weighted by Gasteiger charge is 2.13. The molecule has 0 aliphatic carbocycles. The Bertz CT molecular complexity index is 952. The third-order valence-electron chi connectivity index (χ3n) is 4.27. The molecule has 0 fully saturated rings. The second kappa shape index (κ2) is 12.0. The molecule has 3 rings (SSSR count). The molecule has 0 aliphatic heterocycles. The number of nitrogens with one attached hydrogen (secondary N) is 1. The van der Waals surface area contributed by atoms with Crippen LogP contribution in [-0.2, 0) is 19.7 Å². The Kier molecular flexibility index (Phi) is 9.73. The first kappa shape index (κ1) is 24.3. The summed E-state index contributed by atoms with van der Waals surface area (Å²) >= 11 is 12.7. The molecule has 160 valence electrons. The van der Waals surface area contributed by atoms with Gasteiger partial charge in [0.05, 0.1) is 11.6 Å². The Morgan fingerprint density at radius 1 is 0.867 bits per heavy atom. The van der Waals surface area contributed by atoms with Crippen molar-refractivity contribution in [2.75, 3.05) is 6.61 Å². The first-order valence-electron chi connectivity index (χ1n) is 9.33. The van der Waals surface area contributed by atoms with Gasteiger partial charge in [-0.1, -0.05) is 53.5 Å². The molecule has 3 aromatic rings. The van der Waals surface area contributed by atoms with Crippen molar-refractivity contribution in [1.82, 2.24) is 5.32 Å². The topological polar surface area (TPSA) is 30.5 Å². The predicted molar refractivity (Wildman–Crippen MR) is 123 cm³/mol. The molecular formula is C23H23Cl3FNO2. The summed E-state index contributed by atoms with van der Waals surface area (Å²) in [4.78, 5) is 0. The van der Waals surface area contributed by atoms with Crippen LogP contribution >= 0.6 is 35.6 Å². The Balaban J connectivity index is 0.00000320. The Morgan fingerprint density at radius 3 is 2.27 bits per heavy atom. The van der Waals surface area contributed by atoms with Gasteiger partial charge < -0.3 is 14.8 Å². The molecule has 0 saturated carbocycles. The number of hydrogen-bond donors (Lipinski definition) is 1. The average molecular weight is 471 g/mol. The molecule has 0 radical (unpaired) electrons. The highest BCUT2D eigenvalue weighted by molar-refractivity contribution is 6.32. The van der Waals surface area contributed by atoms with Crippen LogP contribution in [0.5, 0.6) is 11.5 Å². The van der Waals surface area contributed by atoms with Crippen LogP contribution in [0.2, 0.25) is 10.0 Å². The minimum absolute atomic E-state index is 0. The summed E-state index contributed by atoms with van der Waals surface area (Å²) in [5.74, 6) is 0.843. The lowest BCUT2D eigenvalue weighted by Gasteiger charge is -2.16. The largest absolute Gasteiger partial charge is 0.490 e.